The van der Waals surface area contributed by atoms with Gasteiger partial charge < -0.3 is 14.6 Å². The van der Waals surface area contributed by atoms with Crippen LogP contribution in [0.2, 0.25) is 0 Å². The van der Waals surface area contributed by atoms with Crippen molar-refractivity contribution in [2.45, 2.75) is 59.5 Å². The highest BCUT2D eigenvalue weighted by atomic mass is 16.5. The minimum atomic E-state index is -0.759. The molecule has 1 aliphatic heterocycles. The summed E-state index contributed by atoms with van der Waals surface area (Å²) in [5.41, 5.74) is 1.45. The third kappa shape index (κ3) is 2.82. The lowest BCUT2D eigenvalue weighted by molar-refractivity contribution is -0.162. The van der Waals surface area contributed by atoms with Gasteiger partial charge in [0.05, 0.1) is 24.5 Å². The first-order chi connectivity index (χ1) is 11.8. The van der Waals surface area contributed by atoms with E-state index in [-0.39, 0.29) is 23.9 Å². The van der Waals surface area contributed by atoms with Crippen molar-refractivity contribution in [1.82, 2.24) is 0 Å². The molecule has 0 saturated heterocycles. The van der Waals surface area contributed by atoms with Gasteiger partial charge in [-0.3, -0.25) is 9.59 Å². The topological polar surface area (TPSA) is 72.8 Å². The quantitative estimate of drug-likeness (QED) is 0.619. The number of fused-ring (bicyclic) bond motifs is 1. The fraction of sp³-hybridized carbons (Fsp3) is 0.700. The van der Waals surface area contributed by atoms with Crippen LogP contribution in [-0.2, 0) is 19.1 Å². The van der Waals surface area contributed by atoms with Gasteiger partial charge in [-0.05, 0) is 39.5 Å². The van der Waals surface area contributed by atoms with Crippen LogP contribution in [0.15, 0.2) is 23.0 Å². The van der Waals surface area contributed by atoms with Gasteiger partial charge in [-0.2, -0.15) is 0 Å². The van der Waals surface area contributed by atoms with E-state index in [4.69, 9.17) is 9.47 Å². The lowest BCUT2D eigenvalue weighted by atomic mass is 9.53. The third-order valence-electron chi connectivity index (χ3n) is 6.59. The number of hydrogen-bond donors (Lipinski definition) is 1. The Labute approximate surface area is 149 Å². The van der Waals surface area contributed by atoms with Gasteiger partial charge in [0, 0.05) is 17.4 Å². The number of carbonyl (C=O) groups excluding carboxylic acids is 1. The minimum absolute atomic E-state index is 0.162. The van der Waals surface area contributed by atoms with Crippen LogP contribution in [0.3, 0.4) is 0 Å². The first kappa shape index (κ1) is 18.2. The Morgan fingerprint density at radius 2 is 2.16 bits per heavy atom. The Balaban J connectivity index is 2.05. The van der Waals surface area contributed by atoms with E-state index in [0.717, 1.165) is 29.7 Å². The number of carbonyl (C=O) groups is 2. The van der Waals surface area contributed by atoms with Crippen molar-refractivity contribution in [3.8, 4) is 0 Å². The van der Waals surface area contributed by atoms with Crippen molar-refractivity contribution in [2.75, 3.05) is 6.61 Å². The molecule has 0 aromatic heterocycles. The predicted octanol–water partition coefficient (Wildman–Crippen LogP) is 3.70. The van der Waals surface area contributed by atoms with Gasteiger partial charge >= 0.3 is 11.9 Å². The van der Waals surface area contributed by atoms with E-state index >= 15 is 0 Å². The summed E-state index contributed by atoms with van der Waals surface area (Å²) in [6, 6.07) is 0. The van der Waals surface area contributed by atoms with Gasteiger partial charge in [-0.1, -0.05) is 25.0 Å². The number of hydrogen-bond acceptors (Lipinski definition) is 4. The van der Waals surface area contributed by atoms with Crippen LogP contribution in [0.25, 0.3) is 0 Å². The summed E-state index contributed by atoms with van der Waals surface area (Å²) in [5.74, 6) is -0.926. The molecule has 5 atom stereocenters. The molecule has 0 aromatic carbocycles. The zero-order valence-corrected chi connectivity index (χ0v) is 15.5. The molecule has 1 N–H and O–H groups in total. The van der Waals surface area contributed by atoms with Crippen molar-refractivity contribution in [3.05, 3.63) is 23.0 Å². The van der Waals surface area contributed by atoms with E-state index in [2.05, 4.69) is 0 Å². The van der Waals surface area contributed by atoms with Crippen LogP contribution in [0, 0.1) is 23.2 Å². The standard InChI is InChI=1S/C20H28O5/c1-5-11(2)10-24-17-16-12(3)19(23)25-15(16)9-13-7-6-8-14(18(21)22)20(13,17)4/h5,12-14,17H,6-10H2,1-4H3,(H,21,22)/b11-5-/t12-,13-,14-,17-,20+/m1/s1. The molecule has 0 radical (unpaired) electrons. The van der Waals surface area contributed by atoms with E-state index in [1.54, 1.807) is 0 Å². The highest BCUT2D eigenvalue weighted by Gasteiger charge is 2.59. The highest BCUT2D eigenvalue weighted by molar-refractivity contribution is 5.81. The first-order valence-electron chi connectivity index (χ1n) is 9.21. The maximum absolute atomic E-state index is 12.2. The third-order valence-corrected chi connectivity index (χ3v) is 6.59. The van der Waals surface area contributed by atoms with Gasteiger partial charge in [0.15, 0.2) is 0 Å². The van der Waals surface area contributed by atoms with Crippen molar-refractivity contribution in [2.24, 2.45) is 23.2 Å². The van der Waals surface area contributed by atoms with E-state index in [0.29, 0.717) is 19.4 Å². The number of esters is 1. The Hall–Kier alpha value is -1.62. The first-order valence-corrected chi connectivity index (χ1v) is 9.21. The Morgan fingerprint density at radius 3 is 2.80 bits per heavy atom. The van der Waals surface area contributed by atoms with Crippen LogP contribution >= 0.6 is 0 Å². The second-order valence-corrected chi connectivity index (χ2v) is 7.94. The van der Waals surface area contributed by atoms with Crippen LogP contribution in [-0.4, -0.2) is 29.8 Å². The van der Waals surface area contributed by atoms with Crippen molar-refractivity contribution in [1.29, 1.82) is 0 Å². The summed E-state index contributed by atoms with van der Waals surface area (Å²) >= 11 is 0. The average molecular weight is 348 g/mol. The van der Waals surface area contributed by atoms with E-state index in [1.165, 1.54) is 0 Å². The van der Waals surface area contributed by atoms with Gasteiger partial charge in [-0.15, -0.1) is 0 Å². The molecule has 0 aromatic rings. The molecule has 5 nitrogen and oxygen atoms in total. The fourth-order valence-electron chi connectivity index (χ4n) is 4.88. The molecule has 1 heterocycles. The summed E-state index contributed by atoms with van der Waals surface area (Å²) in [4.78, 5) is 24.2. The molecule has 1 fully saturated rings. The molecule has 0 unspecified atom stereocenters. The van der Waals surface area contributed by atoms with Crippen LogP contribution in [0.1, 0.15) is 53.4 Å². The molecule has 138 valence electrons. The molecule has 3 rings (SSSR count). The molecular formula is C20H28O5. The molecule has 0 bridgehead atoms. The summed E-state index contributed by atoms with van der Waals surface area (Å²) in [5, 5.41) is 9.86. The molecule has 1 saturated carbocycles. The molecule has 0 spiro atoms. The van der Waals surface area contributed by atoms with Crippen LogP contribution in [0.4, 0.5) is 0 Å². The van der Waals surface area contributed by atoms with E-state index in [9.17, 15) is 14.7 Å². The Morgan fingerprint density at radius 1 is 1.44 bits per heavy atom. The Kier molecular flexibility index (Phi) is 4.80. The summed E-state index contributed by atoms with van der Waals surface area (Å²) in [6.07, 6.45) is 4.76. The fourth-order valence-corrected chi connectivity index (χ4v) is 4.88. The maximum atomic E-state index is 12.2. The number of allylic oxidation sites excluding steroid dienone is 2. The number of carboxylic acid groups (broad SMARTS) is 1. The maximum Gasteiger partial charge on any atom is 0.318 e. The molecule has 25 heavy (non-hydrogen) atoms. The normalized spacial score (nSPS) is 38.2. The SMILES string of the molecule is C/C=C(/C)CO[C@@H]1C2=C(C[C@H]3CCC[C@H](C(=O)O)[C@]31C)OC(=O)[C@@H]2C. The number of ether oxygens (including phenoxy) is 2. The predicted molar refractivity (Wildman–Crippen MR) is 92.6 cm³/mol. The van der Waals surface area contributed by atoms with Crippen molar-refractivity contribution in [3.63, 3.8) is 0 Å². The number of carboxylic acids is 1. The summed E-state index contributed by atoms with van der Waals surface area (Å²) in [7, 11) is 0. The van der Waals surface area contributed by atoms with Crippen LogP contribution in [0.5, 0.6) is 0 Å². The molecule has 0 amide bonds. The number of rotatable bonds is 4. The Bertz CT molecular complexity index is 646. The van der Waals surface area contributed by atoms with Crippen molar-refractivity contribution < 1.29 is 24.2 Å². The molecule has 5 heteroatoms. The zero-order chi connectivity index (χ0) is 18.4. The lowest BCUT2D eigenvalue weighted by Crippen LogP contribution is -2.54. The number of aliphatic carboxylic acids is 1. The second kappa shape index (κ2) is 6.60. The second-order valence-electron chi connectivity index (χ2n) is 7.94. The molecule has 2 aliphatic carbocycles. The minimum Gasteiger partial charge on any atom is -0.481 e. The molecule has 3 aliphatic rings. The smallest absolute Gasteiger partial charge is 0.318 e. The summed E-state index contributed by atoms with van der Waals surface area (Å²) in [6.45, 7) is 8.28. The monoisotopic (exact) mass is 348 g/mol. The molecular weight excluding hydrogens is 320 g/mol. The van der Waals surface area contributed by atoms with Gasteiger partial charge in [0.2, 0.25) is 0 Å². The van der Waals surface area contributed by atoms with Gasteiger partial charge in [0.1, 0.15) is 5.76 Å². The average Bonchev–Trinajstić information content (AvgIpc) is 2.84. The van der Waals surface area contributed by atoms with Gasteiger partial charge in [-0.25, -0.2) is 0 Å². The largest absolute Gasteiger partial charge is 0.481 e. The lowest BCUT2D eigenvalue weighted by Gasteiger charge is -2.53. The highest BCUT2D eigenvalue weighted by Crippen LogP contribution is 2.58. The van der Waals surface area contributed by atoms with Crippen molar-refractivity contribution >= 4 is 11.9 Å². The van der Waals surface area contributed by atoms with E-state index < -0.39 is 17.3 Å². The van der Waals surface area contributed by atoms with E-state index in [1.807, 2.05) is 33.8 Å². The van der Waals surface area contributed by atoms with Gasteiger partial charge in [0.25, 0.3) is 0 Å². The zero-order valence-electron chi connectivity index (χ0n) is 15.5. The summed E-state index contributed by atoms with van der Waals surface area (Å²) < 4.78 is 11.8. The van der Waals surface area contributed by atoms with Crippen LogP contribution < -0.4 is 0 Å².